The molecule has 0 fully saturated rings. The van der Waals surface area contributed by atoms with Crippen LogP contribution in [0, 0.1) is 0 Å². The zero-order chi connectivity index (χ0) is 21.1. The van der Waals surface area contributed by atoms with Gasteiger partial charge in [0.05, 0.1) is 16.2 Å². The number of hydrogen-bond donors (Lipinski definition) is 1. The number of para-hydroxylation sites is 1. The highest BCUT2D eigenvalue weighted by molar-refractivity contribution is 8.00. The first-order valence-electron chi connectivity index (χ1n) is 9.25. The molecule has 0 radical (unpaired) electrons. The number of thioether (sulfide) groups is 1. The first-order chi connectivity index (χ1) is 13.8. The average molecular weight is 450 g/mol. The van der Waals surface area contributed by atoms with Gasteiger partial charge in [0.2, 0.25) is 5.91 Å². The second-order valence-corrected chi connectivity index (χ2v) is 8.93. The molecular formula is C21H21Cl2N3O2S. The number of halogens is 2. The molecule has 0 aliphatic rings. The van der Waals surface area contributed by atoms with Crippen LogP contribution in [0.2, 0.25) is 10.0 Å². The zero-order valence-electron chi connectivity index (χ0n) is 16.3. The van der Waals surface area contributed by atoms with Gasteiger partial charge in [-0.3, -0.25) is 14.2 Å². The number of nitrogens with one attached hydrogen (secondary N) is 1. The van der Waals surface area contributed by atoms with Crippen molar-refractivity contribution in [3.8, 4) is 0 Å². The standard InChI is InChI=1S/C21H21Cl2N3O2S/c1-4-12(2)26-20(28)17-7-5-6-8-18(17)25-21(26)29-13(3)19(27)24-16-10-14(22)9-15(23)11-16/h5-13H,4H2,1-3H3,(H,24,27). The number of anilines is 1. The summed E-state index contributed by atoms with van der Waals surface area (Å²) in [5.41, 5.74) is 1.04. The maximum Gasteiger partial charge on any atom is 0.262 e. The predicted octanol–water partition coefficient (Wildman–Crippen LogP) is 5.79. The molecule has 5 nitrogen and oxygen atoms in total. The molecule has 0 saturated carbocycles. The van der Waals surface area contributed by atoms with Crippen LogP contribution in [0.5, 0.6) is 0 Å². The number of benzene rings is 2. The molecule has 2 aromatic carbocycles. The molecule has 8 heteroatoms. The van der Waals surface area contributed by atoms with Gasteiger partial charge in [-0.25, -0.2) is 4.98 Å². The van der Waals surface area contributed by atoms with Gasteiger partial charge in [0.1, 0.15) is 0 Å². The Kier molecular flexibility index (Phi) is 6.88. The average Bonchev–Trinajstić information content (AvgIpc) is 2.67. The van der Waals surface area contributed by atoms with Crippen LogP contribution in [-0.2, 0) is 4.79 Å². The number of hydrogen-bond acceptors (Lipinski definition) is 4. The molecule has 2 unspecified atom stereocenters. The van der Waals surface area contributed by atoms with Gasteiger partial charge in [-0.1, -0.05) is 54.0 Å². The number of nitrogens with zero attached hydrogens (tertiary/aromatic N) is 2. The number of rotatable bonds is 6. The van der Waals surface area contributed by atoms with Crippen LogP contribution in [0.3, 0.4) is 0 Å². The Labute approximate surface area is 183 Å². The van der Waals surface area contributed by atoms with Crippen molar-refractivity contribution in [2.45, 2.75) is 43.6 Å². The van der Waals surface area contributed by atoms with Crippen LogP contribution in [0.15, 0.2) is 52.4 Å². The topological polar surface area (TPSA) is 64.0 Å². The van der Waals surface area contributed by atoms with Gasteiger partial charge in [0.15, 0.2) is 5.16 Å². The lowest BCUT2D eigenvalue weighted by Crippen LogP contribution is -2.28. The van der Waals surface area contributed by atoms with Gasteiger partial charge in [0, 0.05) is 21.8 Å². The minimum Gasteiger partial charge on any atom is -0.325 e. The zero-order valence-corrected chi connectivity index (χ0v) is 18.6. The number of amides is 1. The smallest absolute Gasteiger partial charge is 0.262 e. The number of aromatic nitrogens is 2. The number of carbonyl (C=O) groups excluding carboxylic acids is 1. The second kappa shape index (κ2) is 9.20. The van der Waals surface area contributed by atoms with Gasteiger partial charge in [-0.2, -0.15) is 0 Å². The third-order valence-corrected chi connectivity index (χ3v) is 6.09. The Balaban J connectivity index is 1.91. The molecule has 0 bridgehead atoms. The highest BCUT2D eigenvalue weighted by Gasteiger charge is 2.21. The summed E-state index contributed by atoms with van der Waals surface area (Å²) in [5.74, 6) is -0.230. The van der Waals surface area contributed by atoms with E-state index in [0.717, 1.165) is 6.42 Å². The molecule has 0 aliphatic carbocycles. The maximum atomic E-state index is 13.0. The minimum absolute atomic E-state index is 0.0379. The van der Waals surface area contributed by atoms with E-state index in [-0.39, 0.29) is 17.5 Å². The van der Waals surface area contributed by atoms with Crippen molar-refractivity contribution in [1.29, 1.82) is 0 Å². The summed E-state index contributed by atoms with van der Waals surface area (Å²) in [5, 5.41) is 4.30. The van der Waals surface area contributed by atoms with Crippen LogP contribution < -0.4 is 10.9 Å². The van der Waals surface area contributed by atoms with E-state index in [1.54, 1.807) is 41.8 Å². The molecule has 3 aromatic rings. The van der Waals surface area contributed by atoms with Crippen LogP contribution in [0.25, 0.3) is 10.9 Å². The molecule has 0 aliphatic heterocycles. The van der Waals surface area contributed by atoms with E-state index in [1.165, 1.54) is 11.8 Å². The summed E-state index contributed by atoms with van der Waals surface area (Å²) >= 11 is 13.2. The first kappa shape index (κ1) is 21.7. The van der Waals surface area contributed by atoms with Crippen molar-refractivity contribution >= 4 is 57.5 Å². The Hall–Kier alpha value is -2.02. The van der Waals surface area contributed by atoms with Crippen molar-refractivity contribution in [3.63, 3.8) is 0 Å². The van der Waals surface area contributed by atoms with Crippen molar-refractivity contribution in [2.24, 2.45) is 0 Å². The Morgan fingerprint density at radius 2 is 1.83 bits per heavy atom. The molecule has 0 spiro atoms. The fraction of sp³-hybridized carbons (Fsp3) is 0.286. The molecule has 1 heterocycles. The third kappa shape index (κ3) is 4.94. The molecule has 1 N–H and O–H groups in total. The van der Waals surface area contributed by atoms with Gasteiger partial charge in [-0.05, 0) is 50.6 Å². The number of carbonyl (C=O) groups is 1. The van der Waals surface area contributed by atoms with Crippen LogP contribution in [-0.4, -0.2) is 20.7 Å². The second-order valence-electron chi connectivity index (χ2n) is 6.75. The van der Waals surface area contributed by atoms with E-state index in [0.29, 0.717) is 31.8 Å². The summed E-state index contributed by atoms with van der Waals surface area (Å²) in [6.45, 7) is 5.76. The summed E-state index contributed by atoms with van der Waals surface area (Å²) in [6, 6.07) is 12.1. The highest BCUT2D eigenvalue weighted by Crippen LogP contribution is 2.28. The molecule has 2 atom stereocenters. The molecule has 29 heavy (non-hydrogen) atoms. The Bertz CT molecular complexity index is 1100. The van der Waals surface area contributed by atoms with E-state index in [2.05, 4.69) is 10.3 Å². The van der Waals surface area contributed by atoms with E-state index in [4.69, 9.17) is 23.2 Å². The lowest BCUT2D eigenvalue weighted by Gasteiger charge is -2.20. The molecule has 1 aromatic heterocycles. The fourth-order valence-electron chi connectivity index (χ4n) is 2.86. The van der Waals surface area contributed by atoms with Gasteiger partial charge in [0.25, 0.3) is 5.56 Å². The van der Waals surface area contributed by atoms with E-state index < -0.39 is 5.25 Å². The monoisotopic (exact) mass is 449 g/mol. The number of fused-ring (bicyclic) bond motifs is 1. The Morgan fingerprint density at radius 3 is 2.48 bits per heavy atom. The van der Waals surface area contributed by atoms with Crippen molar-refractivity contribution in [1.82, 2.24) is 9.55 Å². The van der Waals surface area contributed by atoms with Gasteiger partial charge >= 0.3 is 0 Å². The van der Waals surface area contributed by atoms with Gasteiger partial charge in [-0.15, -0.1) is 0 Å². The molecule has 3 rings (SSSR count). The summed E-state index contributed by atoms with van der Waals surface area (Å²) < 4.78 is 1.67. The molecular weight excluding hydrogens is 429 g/mol. The summed E-state index contributed by atoms with van der Waals surface area (Å²) in [6.07, 6.45) is 0.773. The Morgan fingerprint density at radius 1 is 1.17 bits per heavy atom. The quantitative estimate of drug-likeness (QED) is 0.381. The minimum atomic E-state index is -0.490. The molecule has 0 saturated heterocycles. The van der Waals surface area contributed by atoms with Crippen LogP contribution >= 0.6 is 35.0 Å². The SMILES string of the molecule is CCC(C)n1c(SC(C)C(=O)Nc2cc(Cl)cc(Cl)c2)nc2ccccc2c1=O. The summed E-state index contributed by atoms with van der Waals surface area (Å²) in [7, 11) is 0. The van der Waals surface area contributed by atoms with Crippen molar-refractivity contribution in [3.05, 3.63) is 62.9 Å². The van der Waals surface area contributed by atoms with Crippen LogP contribution in [0.4, 0.5) is 5.69 Å². The maximum absolute atomic E-state index is 13.0. The summed E-state index contributed by atoms with van der Waals surface area (Å²) in [4.78, 5) is 30.4. The third-order valence-electron chi connectivity index (χ3n) is 4.59. The van der Waals surface area contributed by atoms with E-state index in [1.807, 2.05) is 26.0 Å². The lowest BCUT2D eigenvalue weighted by atomic mass is 10.2. The highest BCUT2D eigenvalue weighted by atomic mass is 35.5. The first-order valence-corrected chi connectivity index (χ1v) is 10.9. The predicted molar refractivity (Wildman–Crippen MR) is 121 cm³/mol. The van der Waals surface area contributed by atoms with Crippen molar-refractivity contribution < 1.29 is 4.79 Å². The van der Waals surface area contributed by atoms with Crippen LogP contribution in [0.1, 0.15) is 33.2 Å². The van der Waals surface area contributed by atoms with E-state index >= 15 is 0 Å². The molecule has 1 amide bonds. The lowest BCUT2D eigenvalue weighted by molar-refractivity contribution is -0.115. The van der Waals surface area contributed by atoms with E-state index in [9.17, 15) is 9.59 Å². The van der Waals surface area contributed by atoms with Crippen molar-refractivity contribution in [2.75, 3.05) is 5.32 Å². The largest absolute Gasteiger partial charge is 0.325 e. The fourth-order valence-corrected chi connectivity index (χ4v) is 4.40. The normalized spacial score (nSPS) is 13.3. The van der Waals surface area contributed by atoms with Gasteiger partial charge < -0.3 is 5.32 Å². The molecule has 152 valence electrons.